The number of nitrogens with one attached hydrogen (secondary N) is 1. The number of thioether (sulfide) groups is 1. The number of aromatic nitrogens is 3. The van der Waals surface area contributed by atoms with E-state index in [4.69, 9.17) is 21.1 Å². The lowest BCUT2D eigenvalue weighted by Gasteiger charge is -2.11. The van der Waals surface area contributed by atoms with Crippen molar-refractivity contribution in [2.45, 2.75) is 57.8 Å². The second-order valence-corrected chi connectivity index (χ2v) is 9.68. The molecule has 3 rings (SSSR count). The molecule has 10 heteroatoms. The van der Waals surface area contributed by atoms with Crippen LogP contribution in [0.3, 0.4) is 0 Å². The van der Waals surface area contributed by atoms with Crippen molar-refractivity contribution < 1.29 is 19.1 Å². The topological polar surface area (TPSA) is 95.3 Å². The van der Waals surface area contributed by atoms with Crippen molar-refractivity contribution in [1.29, 1.82) is 0 Å². The smallest absolute Gasteiger partial charge is 0.338 e. The summed E-state index contributed by atoms with van der Waals surface area (Å²) in [4.78, 5) is 24.8. The van der Waals surface area contributed by atoms with Crippen molar-refractivity contribution in [2.24, 2.45) is 0 Å². The third-order valence-corrected chi connectivity index (χ3v) is 6.58. The fraction of sp³-hybridized carbons (Fsp3) is 0.385. The molecule has 36 heavy (non-hydrogen) atoms. The highest BCUT2D eigenvalue weighted by atomic mass is 35.5. The highest BCUT2D eigenvalue weighted by Gasteiger charge is 2.16. The van der Waals surface area contributed by atoms with Gasteiger partial charge in [0.2, 0.25) is 5.91 Å². The number of carbonyl (C=O) groups is 2. The molecule has 8 nitrogen and oxygen atoms in total. The van der Waals surface area contributed by atoms with Crippen LogP contribution in [0, 0.1) is 0 Å². The maximum Gasteiger partial charge on any atom is 0.338 e. The number of carbonyl (C=O) groups excluding carboxylic acids is 2. The van der Waals surface area contributed by atoms with Gasteiger partial charge in [-0.25, -0.2) is 4.79 Å². The van der Waals surface area contributed by atoms with E-state index in [2.05, 4.69) is 27.6 Å². The summed E-state index contributed by atoms with van der Waals surface area (Å²) in [5, 5.41) is 12.4. The first-order valence-corrected chi connectivity index (χ1v) is 13.1. The van der Waals surface area contributed by atoms with E-state index in [-0.39, 0.29) is 17.8 Å². The second-order valence-electron chi connectivity index (χ2n) is 8.33. The molecule has 0 spiro atoms. The average molecular weight is 531 g/mol. The first kappa shape index (κ1) is 27.5. The number of aryl methyl sites for hydroxylation is 2. The molecule has 3 aromatic rings. The van der Waals surface area contributed by atoms with Crippen molar-refractivity contribution >= 4 is 40.9 Å². The van der Waals surface area contributed by atoms with Crippen molar-refractivity contribution in [2.75, 3.05) is 18.2 Å². The number of methoxy groups -OCH3 is 1. The molecule has 0 saturated heterocycles. The Balaban J connectivity index is 1.55. The van der Waals surface area contributed by atoms with Gasteiger partial charge in [0.1, 0.15) is 11.6 Å². The number of halogens is 1. The van der Waals surface area contributed by atoms with Gasteiger partial charge in [0.05, 0.1) is 35.2 Å². The molecule has 0 atom stereocenters. The summed E-state index contributed by atoms with van der Waals surface area (Å²) in [6, 6.07) is 12.7. The molecule has 2 aromatic carbocycles. The van der Waals surface area contributed by atoms with E-state index < -0.39 is 5.97 Å². The predicted octanol–water partition coefficient (Wildman–Crippen LogP) is 5.43. The zero-order chi connectivity index (χ0) is 26.1. The average Bonchev–Trinajstić information content (AvgIpc) is 3.25. The molecule has 1 aromatic heterocycles. The third-order valence-electron chi connectivity index (χ3n) is 5.29. The van der Waals surface area contributed by atoms with Gasteiger partial charge in [0.15, 0.2) is 5.16 Å². The van der Waals surface area contributed by atoms with E-state index in [9.17, 15) is 9.59 Å². The minimum Gasteiger partial charge on any atom is -0.497 e. The molecule has 0 saturated carbocycles. The van der Waals surface area contributed by atoms with E-state index in [1.165, 1.54) is 23.4 Å². The standard InChI is InChI=1S/C26H31ClN4O4S/c1-5-31-23(8-6-7-18-9-12-20(34-4)13-10-18)29-30-26(31)36-16-24(32)28-22-15-19(11-14-21(22)27)25(33)35-17(2)3/h9-15,17H,5-8,16H2,1-4H3,(H,28,32). The molecule has 0 unspecified atom stereocenters. The Morgan fingerprint density at radius 3 is 2.53 bits per heavy atom. The van der Waals surface area contributed by atoms with Crippen LogP contribution in [0.1, 0.15) is 48.9 Å². The minimum atomic E-state index is -0.470. The number of anilines is 1. The summed E-state index contributed by atoms with van der Waals surface area (Å²) in [5.74, 6) is 1.14. The Kier molecular flexibility index (Phi) is 10.2. The molecule has 192 valence electrons. The van der Waals surface area contributed by atoms with Crippen LogP contribution in [0.5, 0.6) is 5.75 Å². The Hall–Kier alpha value is -3.04. The molecule has 1 amide bonds. The van der Waals surface area contributed by atoms with Crippen molar-refractivity contribution in [3.8, 4) is 5.75 Å². The van der Waals surface area contributed by atoms with Crippen LogP contribution in [-0.2, 0) is 28.9 Å². The van der Waals surface area contributed by atoms with Crippen molar-refractivity contribution in [1.82, 2.24) is 14.8 Å². The molecule has 1 heterocycles. The van der Waals surface area contributed by atoms with Gasteiger partial charge in [0, 0.05) is 13.0 Å². The lowest BCUT2D eigenvalue weighted by Crippen LogP contribution is -2.16. The molecule has 0 aliphatic heterocycles. The van der Waals surface area contributed by atoms with E-state index in [0.717, 1.165) is 30.8 Å². The number of nitrogens with zero attached hydrogens (tertiary/aromatic N) is 3. The van der Waals surface area contributed by atoms with Gasteiger partial charge in [0.25, 0.3) is 0 Å². The number of hydrogen-bond donors (Lipinski definition) is 1. The number of esters is 1. The largest absolute Gasteiger partial charge is 0.497 e. The highest BCUT2D eigenvalue weighted by molar-refractivity contribution is 7.99. The summed E-state index contributed by atoms with van der Waals surface area (Å²) >= 11 is 7.53. The van der Waals surface area contributed by atoms with Gasteiger partial charge >= 0.3 is 5.97 Å². The van der Waals surface area contributed by atoms with Crippen LogP contribution in [0.15, 0.2) is 47.6 Å². The molecule has 0 radical (unpaired) electrons. The van der Waals surface area contributed by atoms with Gasteiger partial charge < -0.3 is 19.4 Å². The summed E-state index contributed by atoms with van der Waals surface area (Å²) < 4.78 is 12.4. The summed E-state index contributed by atoms with van der Waals surface area (Å²) in [6.07, 6.45) is 2.40. The van der Waals surface area contributed by atoms with Crippen LogP contribution in [0.2, 0.25) is 5.02 Å². The van der Waals surface area contributed by atoms with Gasteiger partial charge in [-0.05, 0) is 69.5 Å². The number of hydrogen-bond acceptors (Lipinski definition) is 7. The second kappa shape index (κ2) is 13.3. The van der Waals surface area contributed by atoms with E-state index >= 15 is 0 Å². The highest BCUT2D eigenvalue weighted by Crippen LogP contribution is 2.25. The summed E-state index contributed by atoms with van der Waals surface area (Å²) in [5.41, 5.74) is 1.92. The third kappa shape index (κ3) is 7.73. The van der Waals surface area contributed by atoms with Crippen LogP contribution < -0.4 is 10.1 Å². The molecular weight excluding hydrogens is 500 g/mol. The zero-order valence-corrected chi connectivity index (χ0v) is 22.5. The number of benzene rings is 2. The van der Waals surface area contributed by atoms with E-state index in [1.807, 2.05) is 23.6 Å². The first-order chi connectivity index (χ1) is 17.3. The predicted molar refractivity (Wildman–Crippen MR) is 142 cm³/mol. The molecule has 0 aliphatic carbocycles. The fourth-order valence-corrected chi connectivity index (χ4v) is 4.50. The van der Waals surface area contributed by atoms with Crippen LogP contribution in [-0.4, -0.2) is 45.6 Å². The van der Waals surface area contributed by atoms with E-state index in [0.29, 0.717) is 28.0 Å². The number of ether oxygens (including phenoxy) is 2. The Morgan fingerprint density at radius 2 is 1.86 bits per heavy atom. The number of amides is 1. The molecule has 0 fully saturated rings. The lowest BCUT2D eigenvalue weighted by atomic mass is 10.1. The van der Waals surface area contributed by atoms with Crippen LogP contribution in [0.25, 0.3) is 0 Å². The summed E-state index contributed by atoms with van der Waals surface area (Å²) in [7, 11) is 1.66. The molecular formula is C26H31ClN4O4S. The molecule has 1 N–H and O–H groups in total. The maximum atomic E-state index is 12.6. The molecule has 0 bridgehead atoms. The fourth-order valence-electron chi connectivity index (χ4n) is 3.52. The van der Waals surface area contributed by atoms with Crippen molar-refractivity contribution in [3.63, 3.8) is 0 Å². The molecule has 0 aliphatic rings. The van der Waals surface area contributed by atoms with Crippen LogP contribution >= 0.6 is 23.4 Å². The Morgan fingerprint density at radius 1 is 1.11 bits per heavy atom. The Bertz CT molecular complexity index is 1180. The monoisotopic (exact) mass is 530 g/mol. The number of rotatable bonds is 12. The van der Waals surface area contributed by atoms with Gasteiger partial charge in [-0.1, -0.05) is 35.5 Å². The summed E-state index contributed by atoms with van der Waals surface area (Å²) in [6.45, 7) is 6.28. The maximum absolute atomic E-state index is 12.6. The van der Waals surface area contributed by atoms with Gasteiger partial charge in [-0.15, -0.1) is 10.2 Å². The van der Waals surface area contributed by atoms with Crippen molar-refractivity contribution in [3.05, 3.63) is 64.4 Å². The van der Waals surface area contributed by atoms with E-state index in [1.54, 1.807) is 33.1 Å². The van der Waals surface area contributed by atoms with Gasteiger partial charge in [-0.3, -0.25) is 4.79 Å². The SMILES string of the molecule is CCn1c(CCCc2ccc(OC)cc2)nnc1SCC(=O)Nc1cc(C(=O)OC(C)C)ccc1Cl. The lowest BCUT2D eigenvalue weighted by molar-refractivity contribution is -0.113. The first-order valence-electron chi connectivity index (χ1n) is 11.8. The Labute approximate surface area is 220 Å². The normalized spacial score (nSPS) is 10.9. The quantitative estimate of drug-likeness (QED) is 0.246. The van der Waals surface area contributed by atoms with Crippen LogP contribution in [0.4, 0.5) is 5.69 Å². The minimum absolute atomic E-state index is 0.126. The van der Waals surface area contributed by atoms with Gasteiger partial charge in [-0.2, -0.15) is 0 Å². The zero-order valence-electron chi connectivity index (χ0n) is 20.9.